The first-order chi connectivity index (χ1) is 20.4. The van der Waals surface area contributed by atoms with E-state index in [-0.39, 0.29) is 39.3 Å². The van der Waals surface area contributed by atoms with Gasteiger partial charge in [-0.15, -0.1) is 0 Å². The number of halogens is 3. The lowest BCUT2D eigenvalue weighted by Gasteiger charge is -2.17. The summed E-state index contributed by atoms with van der Waals surface area (Å²) in [4.78, 5) is 62.6. The van der Waals surface area contributed by atoms with Gasteiger partial charge in [0, 0.05) is 36.5 Å². The molecule has 0 aliphatic heterocycles. The maximum atomic E-state index is 13.7. The minimum Gasteiger partial charge on any atom is -0.303 e. The summed E-state index contributed by atoms with van der Waals surface area (Å²) in [7, 11) is -5.15. The SMILES string of the molecule is O=c1c2cnc3ccc(-c4cnc(-n5cccn5)nc4)nc3c2n(-c2cccc(C(F)(F)F)c2)c(=O)n1COP(=O)(O)O. The van der Waals surface area contributed by atoms with Crippen LogP contribution in [0.15, 0.2) is 83.0 Å². The molecule has 5 aromatic heterocycles. The molecule has 0 aliphatic carbocycles. The zero-order chi connectivity index (χ0) is 30.5. The molecule has 0 amide bonds. The number of phosphoric acid groups is 1. The smallest absolute Gasteiger partial charge is 0.303 e. The number of phosphoric ester groups is 1. The summed E-state index contributed by atoms with van der Waals surface area (Å²) in [6.45, 7) is -1.19. The van der Waals surface area contributed by atoms with E-state index in [0.29, 0.717) is 16.2 Å². The Labute approximate surface area is 236 Å². The van der Waals surface area contributed by atoms with Gasteiger partial charge in [0.15, 0.2) is 0 Å². The molecule has 5 heterocycles. The molecule has 0 radical (unpaired) electrons. The monoisotopic (exact) mass is 612 g/mol. The number of hydrogen-bond acceptors (Lipinski definition) is 9. The normalized spacial score (nSPS) is 12.3. The number of nitrogens with zero attached hydrogens (tertiary/aromatic N) is 8. The first-order valence-corrected chi connectivity index (χ1v) is 13.6. The van der Waals surface area contributed by atoms with Crippen LogP contribution in [0.5, 0.6) is 0 Å². The first kappa shape index (κ1) is 28.0. The number of fused-ring (bicyclic) bond motifs is 3. The minimum absolute atomic E-state index is 0.0270. The highest BCUT2D eigenvalue weighted by atomic mass is 31.2. The summed E-state index contributed by atoms with van der Waals surface area (Å²) in [5, 5.41) is 3.77. The fraction of sp³-hybridized carbons (Fsp3) is 0.0800. The Morgan fingerprint density at radius 1 is 0.977 bits per heavy atom. The zero-order valence-corrected chi connectivity index (χ0v) is 22.2. The Kier molecular flexibility index (Phi) is 6.73. The van der Waals surface area contributed by atoms with Crippen molar-refractivity contribution in [3.8, 4) is 22.9 Å². The molecule has 0 saturated carbocycles. The van der Waals surface area contributed by atoms with E-state index in [1.54, 1.807) is 24.5 Å². The van der Waals surface area contributed by atoms with Crippen LogP contribution in [0.1, 0.15) is 5.56 Å². The lowest BCUT2D eigenvalue weighted by molar-refractivity contribution is -0.137. The summed E-state index contributed by atoms with van der Waals surface area (Å²) >= 11 is 0. The van der Waals surface area contributed by atoms with E-state index in [4.69, 9.17) is 9.79 Å². The van der Waals surface area contributed by atoms with Gasteiger partial charge in [0.05, 0.1) is 33.4 Å². The molecule has 14 nitrogen and oxygen atoms in total. The zero-order valence-electron chi connectivity index (χ0n) is 21.3. The number of benzene rings is 1. The predicted molar refractivity (Wildman–Crippen MR) is 143 cm³/mol. The molecule has 0 saturated heterocycles. The van der Waals surface area contributed by atoms with Crippen LogP contribution in [-0.2, 0) is 22.0 Å². The molecule has 6 aromatic rings. The van der Waals surface area contributed by atoms with E-state index in [1.807, 2.05) is 0 Å². The van der Waals surface area contributed by atoms with Gasteiger partial charge in [-0.2, -0.15) is 18.3 Å². The minimum atomic E-state index is -5.15. The molecule has 6 rings (SSSR count). The third-order valence-electron chi connectivity index (χ3n) is 6.24. The van der Waals surface area contributed by atoms with Crippen LogP contribution in [0.4, 0.5) is 13.2 Å². The van der Waals surface area contributed by atoms with Crippen molar-refractivity contribution in [2.75, 3.05) is 0 Å². The molecule has 0 atom stereocenters. The van der Waals surface area contributed by atoms with E-state index in [2.05, 4.69) is 29.6 Å². The highest BCUT2D eigenvalue weighted by Crippen LogP contribution is 2.36. The van der Waals surface area contributed by atoms with Gasteiger partial charge in [-0.25, -0.2) is 33.6 Å². The third-order valence-corrected chi connectivity index (χ3v) is 6.69. The number of rotatable bonds is 6. The molecule has 0 aliphatic rings. The summed E-state index contributed by atoms with van der Waals surface area (Å²) in [5.74, 6) is 0.276. The van der Waals surface area contributed by atoms with Crippen LogP contribution in [0, 0.1) is 0 Å². The highest BCUT2D eigenvalue weighted by Gasteiger charge is 2.31. The molecular formula is C25H16F3N8O6P. The van der Waals surface area contributed by atoms with Crippen molar-refractivity contribution in [1.82, 2.24) is 38.9 Å². The van der Waals surface area contributed by atoms with Gasteiger partial charge in [-0.1, -0.05) is 6.07 Å². The van der Waals surface area contributed by atoms with E-state index < -0.39 is 37.5 Å². The van der Waals surface area contributed by atoms with Gasteiger partial charge in [-0.05, 0) is 36.4 Å². The van der Waals surface area contributed by atoms with E-state index >= 15 is 0 Å². The Morgan fingerprint density at radius 3 is 2.42 bits per heavy atom. The van der Waals surface area contributed by atoms with Gasteiger partial charge in [0.25, 0.3) is 5.56 Å². The van der Waals surface area contributed by atoms with Crippen molar-refractivity contribution in [2.24, 2.45) is 0 Å². The number of pyridine rings is 2. The maximum absolute atomic E-state index is 13.7. The fourth-order valence-electron chi connectivity index (χ4n) is 4.31. The second kappa shape index (κ2) is 10.3. The standard InChI is InChI=1S/C25H16F3N8O6P/c26-25(27,28)15-3-1-4-16(9-15)36-21-17(22(37)34(24(36)38)13-42-43(39,40)41)12-29-19-6-5-18(33-20(19)21)14-10-30-23(31-11-14)35-8-2-7-32-35/h1-12H,13H2,(H2,39,40,41). The van der Waals surface area contributed by atoms with Gasteiger partial charge in [0.1, 0.15) is 12.2 Å². The van der Waals surface area contributed by atoms with Crippen LogP contribution >= 0.6 is 7.82 Å². The van der Waals surface area contributed by atoms with Crippen molar-refractivity contribution in [3.05, 3.63) is 99.9 Å². The Balaban J connectivity index is 1.63. The van der Waals surface area contributed by atoms with Crippen LogP contribution in [0.25, 0.3) is 44.8 Å². The second-order valence-corrected chi connectivity index (χ2v) is 10.2. The molecule has 18 heteroatoms. The second-order valence-electron chi connectivity index (χ2n) is 8.96. The van der Waals surface area contributed by atoms with Gasteiger partial charge >= 0.3 is 19.7 Å². The van der Waals surface area contributed by atoms with Crippen molar-refractivity contribution in [1.29, 1.82) is 0 Å². The van der Waals surface area contributed by atoms with Crippen LogP contribution in [0.3, 0.4) is 0 Å². The Bertz CT molecular complexity index is 2180. The summed E-state index contributed by atoms with van der Waals surface area (Å²) < 4.78 is 59.1. The Morgan fingerprint density at radius 2 is 1.74 bits per heavy atom. The van der Waals surface area contributed by atoms with Gasteiger partial charge in [-0.3, -0.25) is 18.9 Å². The molecule has 218 valence electrons. The molecule has 1 aromatic carbocycles. The molecule has 0 spiro atoms. The van der Waals surface area contributed by atoms with Gasteiger partial charge < -0.3 is 9.79 Å². The van der Waals surface area contributed by atoms with Gasteiger partial charge in [0.2, 0.25) is 5.95 Å². The van der Waals surface area contributed by atoms with Crippen LogP contribution in [0.2, 0.25) is 0 Å². The molecule has 0 bridgehead atoms. The average molecular weight is 612 g/mol. The number of hydrogen-bond donors (Lipinski definition) is 2. The average Bonchev–Trinajstić information content (AvgIpc) is 3.51. The fourth-order valence-corrected chi connectivity index (χ4v) is 4.58. The molecule has 0 fully saturated rings. The Hall–Kier alpha value is -5.09. The summed E-state index contributed by atoms with van der Waals surface area (Å²) in [6.07, 6.45) is 2.43. The lowest BCUT2D eigenvalue weighted by Crippen LogP contribution is -2.40. The van der Waals surface area contributed by atoms with Crippen LogP contribution < -0.4 is 11.2 Å². The topological polar surface area (TPSA) is 180 Å². The van der Waals surface area contributed by atoms with Crippen molar-refractivity contribution in [3.63, 3.8) is 0 Å². The largest absolute Gasteiger partial charge is 0.471 e. The number of aromatic nitrogens is 8. The van der Waals surface area contributed by atoms with E-state index in [0.717, 1.165) is 22.9 Å². The number of alkyl halides is 3. The third kappa shape index (κ3) is 5.32. The first-order valence-electron chi connectivity index (χ1n) is 12.1. The van der Waals surface area contributed by atoms with Crippen molar-refractivity contribution < 1.29 is 32.0 Å². The molecule has 0 unspecified atom stereocenters. The lowest BCUT2D eigenvalue weighted by atomic mass is 10.1. The van der Waals surface area contributed by atoms with Crippen molar-refractivity contribution in [2.45, 2.75) is 12.9 Å². The summed E-state index contributed by atoms with van der Waals surface area (Å²) in [5.41, 5.74) is -3.02. The molecule has 43 heavy (non-hydrogen) atoms. The molecule has 2 N–H and O–H groups in total. The quantitative estimate of drug-likeness (QED) is 0.209. The van der Waals surface area contributed by atoms with Crippen molar-refractivity contribution >= 4 is 29.8 Å². The highest BCUT2D eigenvalue weighted by molar-refractivity contribution is 7.46. The maximum Gasteiger partial charge on any atom is 0.471 e. The van der Waals surface area contributed by atoms with E-state index in [1.165, 1.54) is 29.2 Å². The van der Waals surface area contributed by atoms with E-state index in [9.17, 15) is 27.3 Å². The molecular weight excluding hydrogens is 596 g/mol. The van der Waals surface area contributed by atoms with Crippen LogP contribution in [-0.4, -0.2) is 48.6 Å². The predicted octanol–water partition coefficient (Wildman–Crippen LogP) is 2.82. The summed E-state index contributed by atoms with van der Waals surface area (Å²) in [6, 6.07) is 8.56.